The summed E-state index contributed by atoms with van der Waals surface area (Å²) in [5.74, 6) is -6.43. The molecule has 4 N–H and O–H groups in total. The molecule has 0 amide bonds. The van der Waals surface area contributed by atoms with Gasteiger partial charge in [0, 0.05) is 17.4 Å². The van der Waals surface area contributed by atoms with E-state index in [-0.39, 0.29) is 41.4 Å². The fourth-order valence-corrected chi connectivity index (χ4v) is 7.00. The molecule has 7 heteroatoms. The molecular weight excluding hydrogens is 484 g/mol. The Labute approximate surface area is 221 Å². The van der Waals surface area contributed by atoms with Crippen LogP contribution < -0.4 is 0 Å². The highest BCUT2D eigenvalue weighted by atomic mass is 16.3. The lowest BCUT2D eigenvalue weighted by molar-refractivity contribution is -0.149. The van der Waals surface area contributed by atoms with Crippen molar-refractivity contribution in [1.82, 2.24) is 0 Å². The number of phenolic OH excluding ortho intramolecular Hbond substituents is 1. The average Bonchev–Trinajstić information content (AvgIpc) is 2.80. The first-order valence-corrected chi connectivity index (χ1v) is 12.9. The summed E-state index contributed by atoms with van der Waals surface area (Å²) in [5.41, 5.74) is 1.27. The molecule has 198 valence electrons. The topological polar surface area (TPSA) is 132 Å². The van der Waals surface area contributed by atoms with E-state index in [4.69, 9.17) is 0 Å². The third-order valence-corrected chi connectivity index (χ3v) is 8.49. The SMILES string of the molecule is CC(=O)C1=C(O)C(C(C)C)C2CC3Cc4c(-c5cc(C)cc(C)c5)ccc(O)c4C(=O)C3=C(O)C2(O)C1=O. The summed E-state index contributed by atoms with van der Waals surface area (Å²) >= 11 is 0. The molecule has 38 heavy (non-hydrogen) atoms. The monoisotopic (exact) mass is 516 g/mol. The molecule has 0 bridgehead atoms. The van der Waals surface area contributed by atoms with Gasteiger partial charge in [-0.15, -0.1) is 0 Å². The smallest absolute Gasteiger partial charge is 0.209 e. The van der Waals surface area contributed by atoms with Crippen LogP contribution in [-0.2, 0) is 16.0 Å². The number of aliphatic hydroxyl groups is 3. The minimum absolute atomic E-state index is 0.0374. The van der Waals surface area contributed by atoms with Crippen LogP contribution in [0.15, 0.2) is 53.0 Å². The second-order valence-corrected chi connectivity index (χ2v) is 11.4. The van der Waals surface area contributed by atoms with Gasteiger partial charge in [0.1, 0.15) is 22.8 Å². The number of carbonyl (C=O) groups is 3. The number of carbonyl (C=O) groups excluding carboxylic acids is 3. The van der Waals surface area contributed by atoms with Crippen LogP contribution in [0.1, 0.15) is 54.2 Å². The van der Waals surface area contributed by atoms with Crippen LogP contribution in [0.25, 0.3) is 11.1 Å². The summed E-state index contributed by atoms with van der Waals surface area (Å²) in [5, 5.41) is 45.0. The van der Waals surface area contributed by atoms with Crippen molar-refractivity contribution in [3.05, 3.63) is 75.3 Å². The van der Waals surface area contributed by atoms with Crippen LogP contribution in [0.2, 0.25) is 0 Å². The zero-order valence-electron chi connectivity index (χ0n) is 22.1. The lowest BCUT2D eigenvalue weighted by Crippen LogP contribution is -2.60. The normalized spacial score (nSPS) is 26.9. The first-order chi connectivity index (χ1) is 17.8. The van der Waals surface area contributed by atoms with Gasteiger partial charge in [0.15, 0.2) is 17.2 Å². The van der Waals surface area contributed by atoms with E-state index in [0.29, 0.717) is 5.56 Å². The van der Waals surface area contributed by atoms with Crippen molar-refractivity contribution in [2.75, 3.05) is 0 Å². The number of hydrogen-bond donors (Lipinski definition) is 4. The van der Waals surface area contributed by atoms with Gasteiger partial charge < -0.3 is 20.4 Å². The van der Waals surface area contributed by atoms with Crippen molar-refractivity contribution in [2.45, 2.75) is 53.1 Å². The summed E-state index contributed by atoms with van der Waals surface area (Å²) < 4.78 is 0. The van der Waals surface area contributed by atoms with Crippen LogP contribution in [-0.4, -0.2) is 43.4 Å². The predicted octanol–water partition coefficient (Wildman–Crippen LogP) is 4.85. The van der Waals surface area contributed by atoms with Crippen LogP contribution in [0, 0.1) is 37.5 Å². The van der Waals surface area contributed by atoms with Crippen LogP contribution >= 0.6 is 0 Å². The third kappa shape index (κ3) is 3.48. The molecule has 3 aliphatic carbocycles. The highest BCUT2D eigenvalue weighted by Crippen LogP contribution is 2.55. The lowest BCUT2D eigenvalue weighted by atomic mass is 9.55. The number of ketones is 3. The van der Waals surface area contributed by atoms with E-state index >= 15 is 0 Å². The molecule has 3 aliphatic rings. The molecule has 0 fully saturated rings. The number of aryl methyl sites for hydroxylation is 2. The predicted molar refractivity (Wildman–Crippen MR) is 141 cm³/mol. The number of benzene rings is 2. The van der Waals surface area contributed by atoms with Gasteiger partial charge in [-0.3, -0.25) is 14.4 Å². The molecule has 5 rings (SSSR count). The molecule has 4 atom stereocenters. The van der Waals surface area contributed by atoms with Gasteiger partial charge in [-0.05, 0) is 68.2 Å². The van der Waals surface area contributed by atoms with Crippen LogP contribution in [0.5, 0.6) is 5.75 Å². The Kier molecular flexibility index (Phi) is 5.91. The molecule has 0 aliphatic heterocycles. The van der Waals surface area contributed by atoms with E-state index in [1.54, 1.807) is 6.07 Å². The highest BCUT2D eigenvalue weighted by molar-refractivity contribution is 6.25. The zero-order valence-corrected chi connectivity index (χ0v) is 22.1. The number of rotatable bonds is 3. The van der Waals surface area contributed by atoms with E-state index in [0.717, 1.165) is 29.2 Å². The van der Waals surface area contributed by atoms with E-state index in [1.165, 1.54) is 6.07 Å². The van der Waals surface area contributed by atoms with Crippen molar-refractivity contribution in [3.63, 3.8) is 0 Å². The lowest BCUT2D eigenvalue weighted by Gasteiger charge is -2.50. The first kappa shape index (κ1) is 25.9. The maximum absolute atomic E-state index is 13.9. The second kappa shape index (κ2) is 8.67. The quantitative estimate of drug-likeness (QED) is 0.429. The summed E-state index contributed by atoms with van der Waals surface area (Å²) in [6, 6.07) is 9.28. The molecule has 0 aromatic heterocycles. The first-order valence-electron chi connectivity index (χ1n) is 12.9. The minimum Gasteiger partial charge on any atom is -0.511 e. The van der Waals surface area contributed by atoms with Gasteiger partial charge in [0.25, 0.3) is 0 Å². The largest absolute Gasteiger partial charge is 0.511 e. The Balaban J connectivity index is 1.73. The molecule has 4 unspecified atom stereocenters. The summed E-state index contributed by atoms with van der Waals surface area (Å²) in [6.07, 6.45) is 0.416. The van der Waals surface area contributed by atoms with Crippen molar-refractivity contribution in [1.29, 1.82) is 0 Å². The molecule has 2 aromatic carbocycles. The van der Waals surface area contributed by atoms with Gasteiger partial charge >= 0.3 is 0 Å². The van der Waals surface area contributed by atoms with Gasteiger partial charge in [-0.1, -0.05) is 49.2 Å². The number of Topliss-reactive ketones (excluding diaryl/α,β-unsaturated/α-hetero) is 3. The Bertz CT molecular complexity index is 1470. The van der Waals surface area contributed by atoms with Crippen molar-refractivity contribution in [3.8, 4) is 16.9 Å². The van der Waals surface area contributed by atoms with Crippen molar-refractivity contribution in [2.24, 2.45) is 23.7 Å². The Morgan fingerprint density at radius 3 is 2.24 bits per heavy atom. The minimum atomic E-state index is -2.53. The standard InChI is InChI=1S/C31H32O7/c1-13(2)23-21-12-18-11-20-19(17-9-14(3)8-15(4)10-17)6-7-22(33)26(20)28(35)25(18)30(37)31(21,38)29(36)24(16(5)32)27(23)34/h6-10,13,18,21,23,33-34,37-38H,11-12H2,1-5H3. The number of allylic oxidation sites excluding steroid dienone is 2. The molecule has 0 saturated heterocycles. The zero-order chi connectivity index (χ0) is 27.8. The maximum atomic E-state index is 13.9. The second-order valence-electron chi connectivity index (χ2n) is 11.4. The molecule has 0 heterocycles. The molecule has 0 saturated carbocycles. The van der Waals surface area contributed by atoms with Crippen LogP contribution in [0.3, 0.4) is 0 Å². The van der Waals surface area contributed by atoms with Crippen molar-refractivity contribution < 1.29 is 34.8 Å². The van der Waals surface area contributed by atoms with E-state index < -0.39 is 52.0 Å². The maximum Gasteiger partial charge on any atom is 0.209 e. The van der Waals surface area contributed by atoms with Gasteiger partial charge in [-0.2, -0.15) is 0 Å². The van der Waals surface area contributed by atoms with Gasteiger partial charge in [-0.25, -0.2) is 0 Å². The fraction of sp³-hybridized carbons (Fsp3) is 0.387. The number of aromatic hydroxyl groups is 1. The molecule has 0 spiro atoms. The van der Waals surface area contributed by atoms with Gasteiger partial charge in [0.2, 0.25) is 5.78 Å². The Morgan fingerprint density at radius 1 is 1.03 bits per heavy atom. The number of phenols is 1. The number of hydrogen-bond acceptors (Lipinski definition) is 7. The summed E-state index contributed by atoms with van der Waals surface area (Å²) in [6.45, 7) is 8.70. The van der Waals surface area contributed by atoms with Gasteiger partial charge in [0.05, 0.1) is 5.56 Å². The van der Waals surface area contributed by atoms with E-state index in [1.807, 2.05) is 45.9 Å². The fourth-order valence-electron chi connectivity index (χ4n) is 7.00. The van der Waals surface area contributed by atoms with Crippen LogP contribution in [0.4, 0.5) is 0 Å². The van der Waals surface area contributed by atoms with E-state index in [9.17, 15) is 34.8 Å². The summed E-state index contributed by atoms with van der Waals surface area (Å²) in [7, 11) is 0. The van der Waals surface area contributed by atoms with E-state index in [2.05, 4.69) is 0 Å². The number of fused-ring (bicyclic) bond motifs is 3. The Morgan fingerprint density at radius 2 is 1.66 bits per heavy atom. The van der Waals surface area contributed by atoms with Crippen molar-refractivity contribution >= 4 is 17.3 Å². The molecule has 7 nitrogen and oxygen atoms in total. The third-order valence-electron chi connectivity index (χ3n) is 8.49. The summed E-state index contributed by atoms with van der Waals surface area (Å²) in [4.78, 5) is 39.7. The molecular formula is C31H32O7. The number of aliphatic hydroxyl groups excluding tert-OH is 2. The average molecular weight is 517 g/mol. The highest BCUT2D eigenvalue weighted by Gasteiger charge is 2.62. The molecule has 2 aromatic rings. The molecule has 0 radical (unpaired) electrons. The Hall–Kier alpha value is -3.71.